The molecule has 0 spiro atoms. The average Bonchev–Trinajstić information content (AvgIpc) is 3.37. The zero-order valence-electron chi connectivity index (χ0n) is 21.2. The highest BCUT2D eigenvalue weighted by molar-refractivity contribution is 7.99. The van der Waals surface area contributed by atoms with Gasteiger partial charge in [-0.25, -0.2) is 0 Å². The molecule has 0 saturated heterocycles. The second-order valence-electron chi connectivity index (χ2n) is 11.2. The summed E-state index contributed by atoms with van der Waals surface area (Å²) in [7, 11) is 2.96. The Kier molecular flexibility index (Phi) is 6.78. The lowest BCUT2D eigenvalue weighted by Gasteiger charge is -2.56. The van der Waals surface area contributed by atoms with Crippen molar-refractivity contribution in [2.75, 3.05) is 19.8 Å². The van der Waals surface area contributed by atoms with Crippen LogP contribution in [-0.2, 0) is 19.2 Å². The van der Waals surface area contributed by atoms with Crippen molar-refractivity contribution in [2.45, 2.75) is 54.6 Å². The molecule has 38 heavy (non-hydrogen) atoms. The van der Waals surface area contributed by atoms with Gasteiger partial charge in [0, 0.05) is 22.8 Å². The fourth-order valence-electron chi connectivity index (χ4n) is 7.26. The first-order valence-electron chi connectivity index (χ1n) is 12.9. The predicted molar refractivity (Wildman–Crippen MR) is 136 cm³/mol. The van der Waals surface area contributed by atoms with E-state index in [9.17, 15) is 39.3 Å². The number of thioether (sulfide) groups is 1. The van der Waals surface area contributed by atoms with E-state index in [-0.39, 0.29) is 11.3 Å². The summed E-state index contributed by atoms with van der Waals surface area (Å²) in [6, 6.07) is 3.23. The normalized spacial score (nSPS) is 37.2. The molecule has 1 aromatic carbocycles. The zero-order chi connectivity index (χ0) is 27.7. The number of benzene rings is 1. The lowest BCUT2D eigenvalue weighted by molar-refractivity contribution is -0.196. The number of phenolic OH excluding ortho intramolecular Hbond substituents is 1. The molecule has 4 aliphatic rings. The van der Waals surface area contributed by atoms with Crippen LogP contribution in [0.4, 0.5) is 0 Å². The summed E-state index contributed by atoms with van der Waals surface area (Å²) in [5.41, 5.74) is 2.79. The van der Waals surface area contributed by atoms with E-state index in [4.69, 9.17) is 5.73 Å². The molecule has 3 unspecified atom stereocenters. The van der Waals surface area contributed by atoms with Gasteiger partial charge < -0.3 is 21.1 Å². The number of aliphatic hydroxyl groups is 2. The molecular formula is C27H32N2O8S. The molecule has 10 nitrogen and oxygen atoms in total. The summed E-state index contributed by atoms with van der Waals surface area (Å²) in [6.45, 7) is 0. The van der Waals surface area contributed by atoms with Crippen molar-refractivity contribution >= 4 is 40.8 Å². The van der Waals surface area contributed by atoms with Crippen LogP contribution in [0.25, 0.3) is 0 Å². The fraction of sp³-hybridized carbons (Fsp3) is 0.593. The van der Waals surface area contributed by atoms with Crippen LogP contribution in [0.5, 0.6) is 5.75 Å². The number of carbonyl (C=O) groups is 5. The summed E-state index contributed by atoms with van der Waals surface area (Å²) < 4.78 is 0. The van der Waals surface area contributed by atoms with Gasteiger partial charge in [0.05, 0.1) is 29.5 Å². The van der Waals surface area contributed by atoms with E-state index in [2.05, 4.69) is 0 Å². The van der Waals surface area contributed by atoms with Gasteiger partial charge in [-0.15, -0.1) is 0 Å². The Morgan fingerprint density at radius 3 is 2.39 bits per heavy atom. The molecule has 3 saturated carbocycles. The minimum atomic E-state index is -2.98. The van der Waals surface area contributed by atoms with Crippen LogP contribution < -0.4 is 5.73 Å². The van der Waals surface area contributed by atoms with Crippen molar-refractivity contribution in [3.05, 3.63) is 29.3 Å². The fourth-order valence-corrected chi connectivity index (χ4v) is 8.81. The summed E-state index contributed by atoms with van der Waals surface area (Å²) >= 11 is 1.68. The van der Waals surface area contributed by atoms with Gasteiger partial charge in [-0.3, -0.25) is 28.9 Å². The molecule has 11 heteroatoms. The van der Waals surface area contributed by atoms with Crippen LogP contribution in [0.15, 0.2) is 18.2 Å². The van der Waals surface area contributed by atoms with E-state index in [0.717, 1.165) is 25.7 Å². The van der Waals surface area contributed by atoms with Crippen molar-refractivity contribution < 1.29 is 39.3 Å². The largest absolute Gasteiger partial charge is 0.507 e. The van der Waals surface area contributed by atoms with E-state index in [1.54, 1.807) is 23.9 Å². The Bertz CT molecular complexity index is 1230. The van der Waals surface area contributed by atoms with E-state index >= 15 is 0 Å². The Labute approximate surface area is 223 Å². The highest BCUT2D eigenvalue weighted by atomic mass is 32.2. The number of nitrogens with zero attached hydrogens (tertiary/aromatic N) is 1. The molecule has 5 rings (SSSR count). The van der Waals surface area contributed by atoms with E-state index < -0.39 is 76.4 Å². The minimum Gasteiger partial charge on any atom is -0.507 e. The monoisotopic (exact) mass is 544 g/mol. The van der Waals surface area contributed by atoms with Crippen molar-refractivity contribution in [2.24, 2.45) is 29.4 Å². The third-order valence-corrected chi connectivity index (χ3v) is 10.5. The van der Waals surface area contributed by atoms with Gasteiger partial charge in [-0.1, -0.05) is 25.0 Å². The number of ketones is 4. The second-order valence-corrected chi connectivity index (χ2v) is 12.5. The van der Waals surface area contributed by atoms with Crippen LogP contribution in [0.2, 0.25) is 0 Å². The smallest absolute Gasteiger partial charge is 0.235 e. The number of nitrogens with two attached hydrogens (primary N) is 1. The number of hydrogen-bond acceptors (Lipinski definition) is 10. The standard InChI is InChI=1S/C27H32N2O8S/c1-29(2)20-19-22(32)16-13(10-38-11-6-3-4-7-11)12-8-5-9-14(30)15(12)21(31)17(16)24(34)27(19,37)25(35)18(23(20)33)26(28)36/h5,8-9,11,13,16-20,22,30,32,37H,3-4,6-7,10H2,1-2H3,(H2,28,36)/t13?,16-,17?,18?,19-,20+,22+,27+/m0/s1. The molecule has 0 bridgehead atoms. The van der Waals surface area contributed by atoms with Gasteiger partial charge in [0.1, 0.15) is 5.75 Å². The second kappa shape index (κ2) is 9.55. The number of Topliss-reactive ketones (excluding diaryl/α,β-unsaturated/α-hetero) is 4. The molecule has 1 aromatic rings. The van der Waals surface area contributed by atoms with Crippen LogP contribution in [0.1, 0.15) is 47.5 Å². The Morgan fingerprint density at radius 1 is 1.13 bits per heavy atom. The van der Waals surface area contributed by atoms with Gasteiger partial charge >= 0.3 is 0 Å². The maximum atomic E-state index is 14.1. The first-order valence-corrected chi connectivity index (χ1v) is 13.9. The number of fused-ring (bicyclic) bond motifs is 3. The highest BCUT2D eigenvalue weighted by Crippen LogP contribution is 2.55. The molecule has 204 valence electrons. The molecule has 0 aliphatic heterocycles. The minimum absolute atomic E-state index is 0.0664. The van der Waals surface area contributed by atoms with Gasteiger partial charge in [0.25, 0.3) is 0 Å². The quantitative estimate of drug-likeness (QED) is 0.371. The van der Waals surface area contributed by atoms with E-state index in [1.807, 2.05) is 0 Å². The van der Waals surface area contributed by atoms with Crippen LogP contribution >= 0.6 is 11.8 Å². The van der Waals surface area contributed by atoms with Crippen LogP contribution in [-0.4, -0.2) is 92.1 Å². The lowest BCUT2D eigenvalue weighted by atomic mass is 9.49. The number of likely N-dealkylation sites (N-methyl/N-ethyl adjacent to an activating group) is 1. The SMILES string of the molecule is CN(C)[C@H]1C(=O)C(C(N)=O)C(=O)[C@]2(O)C(=O)C3C(=O)c4c(O)cccc4C(CSC4CCCC4)[C@@H]3[C@@H](O)[C@H]12. The Morgan fingerprint density at radius 2 is 1.79 bits per heavy atom. The number of aliphatic hydroxyl groups excluding tert-OH is 1. The lowest BCUT2D eigenvalue weighted by Crippen LogP contribution is -2.77. The first kappa shape index (κ1) is 27.0. The molecule has 5 N–H and O–H groups in total. The molecule has 0 aromatic heterocycles. The highest BCUT2D eigenvalue weighted by Gasteiger charge is 2.73. The Balaban J connectivity index is 1.67. The maximum absolute atomic E-state index is 14.1. The molecular weight excluding hydrogens is 512 g/mol. The molecule has 4 aliphatic carbocycles. The number of carbonyl (C=O) groups excluding carboxylic acids is 5. The van der Waals surface area contributed by atoms with Gasteiger partial charge in [0.15, 0.2) is 34.7 Å². The molecule has 3 fully saturated rings. The summed E-state index contributed by atoms with van der Waals surface area (Å²) in [6.07, 6.45) is 2.65. The average molecular weight is 545 g/mol. The third-order valence-electron chi connectivity index (χ3n) is 8.96. The number of phenols is 1. The van der Waals surface area contributed by atoms with E-state index in [0.29, 0.717) is 16.6 Å². The zero-order valence-corrected chi connectivity index (χ0v) is 22.0. The molecule has 0 heterocycles. The molecule has 1 amide bonds. The van der Waals surface area contributed by atoms with Crippen LogP contribution in [0.3, 0.4) is 0 Å². The van der Waals surface area contributed by atoms with Crippen LogP contribution in [0, 0.1) is 23.7 Å². The first-order chi connectivity index (χ1) is 17.9. The van der Waals surface area contributed by atoms with Crippen molar-refractivity contribution in [1.82, 2.24) is 4.90 Å². The number of hydrogen-bond donors (Lipinski definition) is 4. The predicted octanol–water partition coefficient (Wildman–Crippen LogP) is 0.0547. The van der Waals surface area contributed by atoms with Crippen molar-refractivity contribution in [3.8, 4) is 5.75 Å². The molecule has 0 radical (unpaired) electrons. The number of rotatable bonds is 5. The number of aromatic hydroxyl groups is 1. The number of primary amides is 1. The van der Waals surface area contributed by atoms with Crippen molar-refractivity contribution in [3.63, 3.8) is 0 Å². The summed E-state index contributed by atoms with van der Waals surface area (Å²) in [5, 5.41) is 34.6. The van der Waals surface area contributed by atoms with Crippen molar-refractivity contribution in [1.29, 1.82) is 0 Å². The van der Waals surface area contributed by atoms with Gasteiger partial charge in [-0.2, -0.15) is 11.8 Å². The number of amides is 1. The third kappa shape index (κ3) is 3.70. The topological polar surface area (TPSA) is 175 Å². The molecule has 8 atom stereocenters. The maximum Gasteiger partial charge on any atom is 0.235 e. The summed E-state index contributed by atoms with van der Waals surface area (Å²) in [4.78, 5) is 68.1. The summed E-state index contributed by atoms with van der Waals surface area (Å²) in [5.74, 6) is -12.4. The Hall–Kier alpha value is -2.60. The van der Waals surface area contributed by atoms with Gasteiger partial charge in [0.2, 0.25) is 5.91 Å². The van der Waals surface area contributed by atoms with Gasteiger partial charge in [-0.05, 0) is 38.6 Å². The van der Waals surface area contributed by atoms with E-state index in [1.165, 1.54) is 25.1 Å².